The van der Waals surface area contributed by atoms with Crippen molar-refractivity contribution in [3.8, 4) is 5.75 Å². The molecule has 1 spiro atoms. The highest BCUT2D eigenvalue weighted by atomic mass is 32.2. The van der Waals surface area contributed by atoms with Gasteiger partial charge in [0.25, 0.3) is 5.91 Å². The summed E-state index contributed by atoms with van der Waals surface area (Å²) in [5.41, 5.74) is 1.85. The maximum absolute atomic E-state index is 13.5. The van der Waals surface area contributed by atoms with E-state index >= 15 is 0 Å². The Morgan fingerprint density at radius 2 is 1.75 bits per heavy atom. The third kappa shape index (κ3) is 6.23. The number of carbonyl (C=O) groups excluding carboxylic acids is 3. The molecule has 5 rings (SSSR count). The number of carbonyl (C=O) groups is 3. The van der Waals surface area contributed by atoms with Gasteiger partial charge in [-0.05, 0) is 51.6 Å². The maximum atomic E-state index is 13.5. The zero-order chi connectivity index (χ0) is 28.4. The molecule has 10 nitrogen and oxygen atoms in total. The quantitative estimate of drug-likeness (QED) is 0.526. The highest BCUT2D eigenvalue weighted by Crippen LogP contribution is 2.45. The molecule has 1 aliphatic carbocycles. The number of benzene rings is 1. The molecular weight excluding hydrogens is 548 g/mol. The normalized spacial score (nSPS) is 18.3. The Balaban J connectivity index is 1.21. The highest BCUT2D eigenvalue weighted by molar-refractivity contribution is 8.01. The smallest absolute Gasteiger partial charge is 0.323 e. The van der Waals surface area contributed by atoms with Crippen LogP contribution in [0.25, 0.3) is 0 Å². The van der Waals surface area contributed by atoms with Crippen LogP contribution >= 0.6 is 23.1 Å². The Hall–Kier alpha value is -2.83. The number of thiazole rings is 1. The Bertz CT molecular complexity index is 1260. The Morgan fingerprint density at radius 1 is 1.07 bits per heavy atom. The molecule has 1 aromatic heterocycles. The van der Waals surface area contributed by atoms with Crippen molar-refractivity contribution in [3.05, 3.63) is 29.5 Å². The van der Waals surface area contributed by atoms with Crippen LogP contribution < -0.4 is 10.1 Å². The first kappa shape index (κ1) is 28.7. The molecule has 216 valence electrons. The SMILES string of the molecule is COc1cc(C)c(Sc2cnc(NC(=O)N3CC4(CCCC4)C3)s2)cc1C(=O)N1CCN(C(=O)CN(C)C)CC1. The zero-order valence-corrected chi connectivity index (χ0v) is 25.3. The third-order valence-electron chi connectivity index (χ3n) is 8.01. The van der Waals surface area contributed by atoms with E-state index in [2.05, 4.69) is 10.3 Å². The number of likely N-dealkylation sites (tertiary alicyclic amines) is 1. The molecule has 0 unspecified atom stereocenters. The van der Waals surface area contributed by atoms with E-state index < -0.39 is 0 Å². The number of nitrogens with one attached hydrogen (secondary N) is 1. The average Bonchev–Trinajstić information content (AvgIpc) is 3.58. The molecule has 40 heavy (non-hydrogen) atoms. The summed E-state index contributed by atoms with van der Waals surface area (Å²) in [7, 11) is 5.32. The Labute approximate surface area is 244 Å². The van der Waals surface area contributed by atoms with Gasteiger partial charge in [-0.2, -0.15) is 0 Å². The third-order valence-corrected chi connectivity index (χ3v) is 10.2. The molecule has 3 fully saturated rings. The summed E-state index contributed by atoms with van der Waals surface area (Å²) in [6, 6.07) is 3.68. The van der Waals surface area contributed by atoms with Gasteiger partial charge in [-0.1, -0.05) is 35.9 Å². The minimum absolute atomic E-state index is 0.0754. The van der Waals surface area contributed by atoms with Crippen molar-refractivity contribution in [1.82, 2.24) is 24.6 Å². The lowest BCUT2D eigenvalue weighted by Crippen LogP contribution is -2.58. The highest BCUT2D eigenvalue weighted by Gasteiger charge is 2.46. The minimum Gasteiger partial charge on any atom is -0.496 e. The van der Waals surface area contributed by atoms with Crippen LogP contribution in [0.3, 0.4) is 0 Å². The van der Waals surface area contributed by atoms with Crippen molar-refractivity contribution in [1.29, 1.82) is 0 Å². The molecule has 1 saturated carbocycles. The number of nitrogens with zero attached hydrogens (tertiary/aromatic N) is 5. The average molecular weight is 587 g/mol. The van der Waals surface area contributed by atoms with E-state index in [1.807, 2.05) is 47.9 Å². The van der Waals surface area contributed by atoms with Crippen LogP contribution in [-0.2, 0) is 4.79 Å². The summed E-state index contributed by atoms with van der Waals surface area (Å²) in [4.78, 5) is 51.3. The van der Waals surface area contributed by atoms with Gasteiger partial charge in [0.1, 0.15) is 5.75 Å². The molecule has 2 saturated heterocycles. The summed E-state index contributed by atoms with van der Waals surface area (Å²) in [5.74, 6) is 0.501. The number of likely N-dealkylation sites (N-methyl/N-ethyl adjacent to an activating group) is 1. The molecule has 4 amide bonds. The summed E-state index contributed by atoms with van der Waals surface area (Å²) < 4.78 is 6.50. The predicted molar refractivity (Wildman–Crippen MR) is 156 cm³/mol. The number of urea groups is 1. The fourth-order valence-corrected chi connectivity index (χ4v) is 7.73. The number of rotatable bonds is 7. The van der Waals surface area contributed by atoms with Crippen molar-refractivity contribution >= 4 is 46.1 Å². The number of hydrogen-bond donors (Lipinski definition) is 1. The molecule has 0 radical (unpaired) electrons. The van der Waals surface area contributed by atoms with Gasteiger partial charge in [-0.25, -0.2) is 9.78 Å². The van der Waals surface area contributed by atoms with E-state index in [1.54, 1.807) is 18.2 Å². The summed E-state index contributed by atoms with van der Waals surface area (Å²) in [6.45, 7) is 6.03. The van der Waals surface area contributed by atoms with E-state index in [0.29, 0.717) is 54.6 Å². The first-order valence-corrected chi connectivity index (χ1v) is 15.4. The second-order valence-electron chi connectivity index (χ2n) is 11.3. The van der Waals surface area contributed by atoms with Crippen molar-refractivity contribution in [2.45, 2.75) is 41.7 Å². The molecule has 12 heteroatoms. The van der Waals surface area contributed by atoms with Gasteiger partial charge in [0.15, 0.2) is 5.13 Å². The second-order valence-corrected chi connectivity index (χ2v) is 13.7. The van der Waals surface area contributed by atoms with Crippen molar-refractivity contribution in [2.24, 2.45) is 5.41 Å². The fraction of sp³-hybridized carbons (Fsp3) is 0.571. The van der Waals surface area contributed by atoms with E-state index in [-0.39, 0.29) is 17.8 Å². The topological polar surface area (TPSA) is 98.3 Å². The fourth-order valence-electron chi connectivity index (χ4n) is 5.80. The number of aryl methyl sites for hydroxylation is 1. The molecule has 2 aliphatic heterocycles. The van der Waals surface area contributed by atoms with Crippen LogP contribution in [0.1, 0.15) is 41.6 Å². The molecule has 3 aliphatic rings. The lowest BCUT2D eigenvalue weighted by Gasteiger charge is -2.47. The lowest BCUT2D eigenvalue weighted by molar-refractivity contribution is -0.133. The summed E-state index contributed by atoms with van der Waals surface area (Å²) in [5, 5.41) is 3.53. The van der Waals surface area contributed by atoms with E-state index in [9.17, 15) is 14.4 Å². The van der Waals surface area contributed by atoms with Crippen LogP contribution in [0.5, 0.6) is 5.75 Å². The van der Waals surface area contributed by atoms with E-state index in [4.69, 9.17) is 4.74 Å². The molecule has 0 atom stereocenters. The largest absolute Gasteiger partial charge is 0.496 e. The molecule has 1 N–H and O–H groups in total. The monoisotopic (exact) mass is 586 g/mol. The van der Waals surface area contributed by atoms with E-state index in [0.717, 1.165) is 27.8 Å². The molecular formula is C28H38N6O4S2. The van der Waals surface area contributed by atoms with Crippen molar-refractivity contribution < 1.29 is 19.1 Å². The number of amides is 4. The predicted octanol–water partition coefficient (Wildman–Crippen LogP) is 3.87. The molecule has 0 bridgehead atoms. The maximum Gasteiger partial charge on any atom is 0.323 e. The standard InChI is InChI=1S/C28H38N6O4S2/c1-19-13-21(38-4)20(25(36)33-11-9-32(10-12-33)23(35)16-31(2)3)14-22(19)39-24-15-29-26(40-24)30-27(37)34-17-28(18-34)7-5-6-8-28/h13-15H,5-12,16-18H2,1-4H3,(H,29,30,37). The van der Waals surface area contributed by atoms with Crippen LogP contribution in [0.15, 0.2) is 27.4 Å². The van der Waals surface area contributed by atoms with Gasteiger partial charge in [0.2, 0.25) is 5.91 Å². The van der Waals surface area contributed by atoms with Crippen LogP contribution in [0.4, 0.5) is 9.93 Å². The van der Waals surface area contributed by atoms with Gasteiger partial charge >= 0.3 is 6.03 Å². The van der Waals surface area contributed by atoms with Crippen molar-refractivity contribution in [3.63, 3.8) is 0 Å². The van der Waals surface area contributed by atoms with Gasteiger partial charge in [0, 0.05) is 49.6 Å². The number of aromatic nitrogens is 1. The second kappa shape index (κ2) is 12.0. The first-order chi connectivity index (χ1) is 19.2. The van der Waals surface area contributed by atoms with E-state index in [1.165, 1.54) is 48.8 Å². The number of piperazine rings is 1. The number of methoxy groups -OCH3 is 1. The number of ether oxygens (including phenoxy) is 1. The van der Waals surface area contributed by atoms with Gasteiger partial charge in [-0.3, -0.25) is 14.9 Å². The molecule has 3 heterocycles. The summed E-state index contributed by atoms with van der Waals surface area (Å²) >= 11 is 2.95. The van der Waals surface area contributed by atoms with Crippen molar-refractivity contribution in [2.75, 3.05) is 72.3 Å². The Kier molecular flexibility index (Phi) is 8.58. The van der Waals surface area contributed by atoms with Crippen LogP contribution in [0.2, 0.25) is 0 Å². The zero-order valence-electron chi connectivity index (χ0n) is 23.7. The van der Waals surface area contributed by atoms with Gasteiger partial charge in [0.05, 0.1) is 29.6 Å². The van der Waals surface area contributed by atoms with Crippen LogP contribution in [0, 0.1) is 12.3 Å². The lowest BCUT2D eigenvalue weighted by atomic mass is 9.78. The first-order valence-electron chi connectivity index (χ1n) is 13.8. The van der Waals surface area contributed by atoms with Crippen LogP contribution in [-0.4, -0.2) is 109 Å². The van der Waals surface area contributed by atoms with Gasteiger partial charge in [-0.15, -0.1) is 0 Å². The number of hydrogen-bond acceptors (Lipinski definition) is 8. The molecule has 1 aromatic carbocycles. The Morgan fingerprint density at radius 3 is 2.40 bits per heavy atom. The van der Waals surface area contributed by atoms with Gasteiger partial charge < -0.3 is 24.3 Å². The number of anilines is 1. The molecule has 2 aromatic rings. The summed E-state index contributed by atoms with van der Waals surface area (Å²) in [6.07, 6.45) is 6.76. The minimum atomic E-state index is -0.106.